The van der Waals surface area contributed by atoms with E-state index in [9.17, 15) is 13.2 Å². The van der Waals surface area contributed by atoms with Crippen LogP contribution in [0.3, 0.4) is 0 Å². The second-order valence-corrected chi connectivity index (χ2v) is 8.20. The number of thiazole rings is 1. The Morgan fingerprint density at radius 3 is 2.64 bits per heavy atom. The van der Waals surface area contributed by atoms with Crippen LogP contribution in [0.5, 0.6) is 11.5 Å². The molecule has 0 aliphatic carbocycles. The average Bonchev–Trinajstić information content (AvgIpc) is 2.88. The molecule has 0 bridgehead atoms. The summed E-state index contributed by atoms with van der Waals surface area (Å²) in [7, 11) is -2.10. The molecule has 3 aromatic rings. The summed E-state index contributed by atoms with van der Waals surface area (Å²) in [4.78, 5) is 11.7. The molecule has 2 heterocycles. The third-order valence-corrected chi connectivity index (χ3v) is 6.24. The first-order valence-corrected chi connectivity index (χ1v) is 9.76. The summed E-state index contributed by atoms with van der Waals surface area (Å²) in [6.07, 6.45) is 0. The SMILES string of the molecule is Cn1c(=O)sc2cc(NS(=O)(=O)c3ccc4c(c3)OCCO4)ccc21. The number of nitrogens with one attached hydrogen (secondary N) is 1. The van der Waals surface area contributed by atoms with Crippen molar-refractivity contribution in [3.8, 4) is 11.5 Å². The molecule has 1 N–H and O–H groups in total. The molecule has 0 atom stereocenters. The summed E-state index contributed by atoms with van der Waals surface area (Å²) in [5.74, 6) is 0.937. The molecule has 0 fully saturated rings. The van der Waals surface area contributed by atoms with Gasteiger partial charge in [0.2, 0.25) is 0 Å². The number of hydrogen-bond acceptors (Lipinski definition) is 6. The molecular weight excluding hydrogens is 364 g/mol. The molecular formula is C16H14N2O5S2. The van der Waals surface area contributed by atoms with Crippen molar-refractivity contribution in [2.75, 3.05) is 17.9 Å². The lowest BCUT2D eigenvalue weighted by Gasteiger charge is -2.19. The van der Waals surface area contributed by atoms with E-state index in [2.05, 4.69) is 4.72 Å². The van der Waals surface area contributed by atoms with Gasteiger partial charge in [-0.3, -0.25) is 9.52 Å². The highest BCUT2D eigenvalue weighted by atomic mass is 32.2. The lowest BCUT2D eigenvalue weighted by atomic mass is 10.3. The Hall–Kier alpha value is -2.52. The van der Waals surface area contributed by atoms with Gasteiger partial charge in [0, 0.05) is 13.1 Å². The third kappa shape index (κ3) is 2.85. The first kappa shape index (κ1) is 16.0. The van der Waals surface area contributed by atoms with E-state index in [-0.39, 0.29) is 9.77 Å². The van der Waals surface area contributed by atoms with Gasteiger partial charge in [-0.15, -0.1) is 0 Å². The number of sulfonamides is 1. The van der Waals surface area contributed by atoms with Crippen molar-refractivity contribution < 1.29 is 17.9 Å². The van der Waals surface area contributed by atoms with Gasteiger partial charge in [0.25, 0.3) is 10.0 Å². The van der Waals surface area contributed by atoms with Gasteiger partial charge in [0.1, 0.15) is 13.2 Å². The minimum Gasteiger partial charge on any atom is -0.486 e. The monoisotopic (exact) mass is 378 g/mol. The largest absolute Gasteiger partial charge is 0.486 e. The van der Waals surface area contributed by atoms with E-state index in [4.69, 9.17) is 9.47 Å². The molecule has 0 spiro atoms. The number of nitrogens with zero attached hydrogens (tertiary/aromatic N) is 1. The molecule has 0 saturated heterocycles. The van der Waals surface area contributed by atoms with Crippen LogP contribution in [-0.2, 0) is 17.1 Å². The highest BCUT2D eigenvalue weighted by molar-refractivity contribution is 7.92. The Morgan fingerprint density at radius 1 is 1.08 bits per heavy atom. The molecule has 0 amide bonds. The summed E-state index contributed by atoms with van der Waals surface area (Å²) in [5.41, 5.74) is 1.15. The smallest absolute Gasteiger partial charge is 0.307 e. The van der Waals surface area contributed by atoms with Crippen LogP contribution in [0.2, 0.25) is 0 Å². The van der Waals surface area contributed by atoms with Gasteiger partial charge >= 0.3 is 4.87 Å². The van der Waals surface area contributed by atoms with Crippen molar-refractivity contribution in [2.45, 2.75) is 4.90 Å². The van der Waals surface area contributed by atoms with Crippen LogP contribution in [0, 0.1) is 0 Å². The zero-order valence-electron chi connectivity index (χ0n) is 13.2. The number of aryl methyl sites for hydroxylation is 1. The van der Waals surface area contributed by atoms with E-state index in [1.165, 1.54) is 16.7 Å². The zero-order valence-corrected chi connectivity index (χ0v) is 14.8. The number of anilines is 1. The maximum absolute atomic E-state index is 12.6. The summed E-state index contributed by atoms with van der Waals surface area (Å²) in [5, 5.41) is 0. The summed E-state index contributed by atoms with van der Waals surface area (Å²) in [6, 6.07) is 9.48. The molecule has 1 aliphatic heterocycles. The number of hydrogen-bond donors (Lipinski definition) is 1. The van der Waals surface area contributed by atoms with Gasteiger partial charge < -0.3 is 14.0 Å². The molecule has 0 unspecified atom stereocenters. The van der Waals surface area contributed by atoms with Crippen molar-refractivity contribution in [2.24, 2.45) is 7.05 Å². The van der Waals surface area contributed by atoms with Crippen LogP contribution in [-0.4, -0.2) is 26.2 Å². The van der Waals surface area contributed by atoms with E-state index >= 15 is 0 Å². The van der Waals surface area contributed by atoms with Crippen LogP contribution in [0.4, 0.5) is 5.69 Å². The predicted molar refractivity (Wildman–Crippen MR) is 95.3 cm³/mol. The van der Waals surface area contributed by atoms with Gasteiger partial charge in [-0.05, 0) is 30.3 Å². The number of aromatic nitrogens is 1. The molecule has 0 saturated carbocycles. The van der Waals surface area contributed by atoms with E-state index in [1.54, 1.807) is 31.3 Å². The number of fused-ring (bicyclic) bond motifs is 2. The van der Waals surface area contributed by atoms with Crippen LogP contribution >= 0.6 is 11.3 Å². The lowest BCUT2D eigenvalue weighted by Crippen LogP contribution is -2.17. The van der Waals surface area contributed by atoms with Crippen molar-refractivity contribution in [1.82, 2.24) is 4.57 Å². The average molecular weight is 378 g/mol. The van der Waals surface area contributed by atoms with Crippen LogP contribution in [0.15, 0.2) is 46.1 Å². The topological polar surface area (TPSA) is 86.6 Å². The number of ether oxygens (including phenoxy) is 2. The first-order chi connectivity index (χ1) is 11.9. The fourth-order valence-electron chi connectivity index (χ4n) is 2.60. The molecule has 7 nitrogen and oxygen atoms in total. The zero-order chi connectivity index (χ0) is 17.6. The number of rotatable bonds is 3. The Kier molecular flexibility index (Phi) is 3.69. The predicted octanol–water partition coefficient (Wildman–Crippen LogP) is 2.17. The van der Waals surface area contributed by atoms with Gasteiger partial charge in [-0.25, -0.2) is 8.42 Å². The van der Waals surface area contributed by atoms with E-state index in [0.717, 1.165) is 21.6 Å². The van der Waals surface area contributed by atoms with Crippen LogP contribution in [0.1, 0.15) is 0 Å². The van der Waals surface area contributed by atoms with Gasteiger partial charge in [-0.1, -0.05) is 11.3 Å². The van der Waals surface area contributed by atoms with Crippen molar-refractivity contribution >= 4 is 37.3 Å². The lowest BCUT2D eigenvalue weighted by molar-refractivity contribution is 0.171. The molecule has 25 heavy (non-hydrogen) atoms. The Bertz CT molecular complexity index is 1130. The summed E-state index contributed by atoms with van der Waals surface area (Å²) >= 11 is 1.07. The van der Waals surface area contributed by atoms with Crippen molar-refractivity contribution in [3.63, 3.8) is 0 Å². The molecule has 130 valence electrons. The third-order valence-electron chi connectivity index (χ3n) is 3.87. The van der Waals surface area contributed by atoms with Crippen molar-refractivity contribution in [1.29, 1.82) is 0 Å². The van der Waals surface area contributed by atoms with Crippen LogP contribution < -0.4 is 19.1 Å². The second-order valence-electron chi connectivity index (χ2n) is 5.52. The molecule has 4 rings (SSSR count). The molecule has 9 heteroatoms. The van der Waals surface area contributed by atoms with Crippen molar-refractivity contribution in [3.05, 3.63) is 46.1 Å². The molecule has 1 aromatic heterocycles. The number of benzene rings is 2. The Morgan fingerprint density at radius 2 is 1.84 bits per heavy atom. The Balaban J connectivity index is 1.68. The van der Waals surface area contributed by atoms with E-state index in [0.29, 0.717) is 30.4 Å². The van der Waals surface area contributed by atoms with Gasteiger partial charge in [-0.2, -0.15) is 0 Å². The minimum absolute atomic E-state index is 0.0816. The highest BCUT2D eigenvalue weighted by Gasteiger charge is 2.20. The maximum atomic E-state index is 12.6. The Labute approximate surface area is 147 Å². The highest BCUT2D eigenvalue weighted by Crippen LogP contribution is 2.33. The van der Waals surface area contributed by atoms with E-state index < -0.39 is 10.0 Å². The first-order valence-electron chi connectivity index (χ1n) is 7.46. The standard InChI is InChI=1S/C16H14N2O5S2/c1-18-12-4-2-10(8-15(12)24-16(18)19)17-25(20,21)11-3-5-13-14(9-11)23-7-6-22-13/h2-5,8-9,17H,6-7H2,1H3. The second kappa shape index (κ2) is 5.78. The minimum atomic E-state index is -3.78. The summed E-state index contributed by atoms with van der Waals surface area (Å²) < 4.78 is 40.9. The maximum Gasteiger partial charge on any atom is 0.307 e. The quantitative estimate of drug-likeness (QED) is 0.755. The fraction of sp³-hybridized carbons (Fsp3) is 0.188. The van der Waals surface area contributed by atoms with Gasteiger partial charge in [0.15, 0.2) is 11.5 Å². The molecule has 2 aromatic carbocycles. The molecule has 0 radical (unpaired) electrons. The normalized spacial score (nSPS) is 13.8. The van der Waals surface area contributed by atoms with Crippen LogP contribution in [0.25, 0.3) is 10.2 Å². The summed E-state index contributed by atoms with van der Waals surface area (Å²) in [6.45, 7) is 0.824. The van der Waals surface area contributed by atoms with E-state index in [1.807, 2.05) is 0 Å². The molecule has 1 aliphatic rings. The van der Waals surface area contributed by atoms with Gasteiger partial charge in [0.05, 0.1) is 20.8 Å². The fourth-order valence-corrected chi connectivity index (χ4v) is 4.59.